The Hall–Kier alpha value is -2.59. The molecule has 1 atom stereocenters. The van der Waals surface area contributed by atoms with Crippen LogP contribution in [0.3, 0.4) is 0 Å². The van der Waals surface area contributed by atoms with Crippen LogP contribution in [0, 0.1) is 0 Å². The summed E-state index contributed by atoms with van der Waals surface area (Å²) in [7, 11) is 0. The smallest absolute Gasteiger partial charge is 0.326 e. The number of carbonyl (C=O) groups is 2. The average Bonchev–Trinajstić information content (AvgIpc) is 2.54. The fraction of sp³-hybridized carbons (Fsp3) is 0.111. The van der Waals surface area contributed by atoms with Gasteiger partial charge in [-0.3, -0.25) is 4.79 Å². The molecule has 0 aromatic heterocycles. The summed E-state index contributed by atoms with van der Waals surface area (Å²) < 4.78 is 0. The summed E-state index contributed by atoms with van der Waals surface area (Å²) in [5, 5.41) is 12.4. The van der Waals surface area contributed by atoms with Gasteiger partial charge in [-0.15, -0.1) is 0 Å². The quantitative estimate of drug-likeness (QED) is 0.800. The molecule has 2 aromatic carbocycles. The second kappa shape index (κ2) is 8.15. The predicted molar refractivity (Wildman–Crippen MR) is 90.2 cm³/mol. The third kappa shape index (κ3) is 5.60. The summed E-state index contributed by atoms with van der Waals surface area (Å²) in [6.45, 7) is 0. The van der Waals surface area contributed by atoms with E-state index in [9.17, 15) is 14.7 Å². The lowest BCUT2D eigenvalue weighted by Gasteiger charge is -2.13. The Balaban J connectivity index is 1.98. The molecule has 0 heterocycles. The number of carboxylic acid groups (broad SMARTS) is 1. The Morgan fingerprint density at radius 2 is 1.74 bits per heavy atom. The highest BCUT2D eigenvalue weighted by Gasteiger charge is 2.19. The van der Waals surface area contributed by atoms with Crippen LogP contribution in [0.4, 0.5) is 0 Å². The highest BCUT2D eigenvalue weighted by Crippen LogP contribution is 2.10. The van der Waals surface area contributed by atoms with Crippen LogP contribution in [0.5, 0.6) is 0 Å². The molecule has 118 valence electrons. The minimum Gasteiger partial charge on any atom is -0.480 e. The zero-order valence-electron chi connectivity index (χ0n) is 12.3. The first-order chi connectivity index (χ1) is 11.0. The molecule has 2 aromatic rings. The van der Waals surface area contributed by atoms with Gasteiger partial charge in [0, 0.05) is 17.5 Å². The molecule has 0 bridgehead atoms. The summed E-state index contributed by atoms with van der Waals surface area (Å²) in [6, 6.07) is 15.2. The molecule has 5 heteroatoms. The van der Waals surface area contributed by atoms with E-state index in [1.807, 2.05) is 30.3 Å². The number of aliphatic carboxylic acids is 1. The van der Waals surface area contributed by atoms with Crippen LogP contribution in [0.1, 0.15) is 11.1 Å². The molecule has 0 aliphatic heterocycles. The Morgan fingerprint density at radius 1 is 1.09 bits per heavy atom. The fourth-order valence-electron chi connectivity index (χ4n) is 2.02. The SMILES string of the molecule is O=C(/C=C/c1ccc(Cl)cc1)N[C@@H](Cc1ccccc1)C(=O)O. The summed E-state index contributed by atoms with van der Waals surface area (Å²) in [5.41, 5.74) is 1.65. The molecule has 23 heavy (non-hydrogen) atoms. The van der Waals surface area contributed by atoms with Gasteiger partial charge in [0.2, 0.25) is 5.91 Å². The number of nitrogens with one attached hydrogen (secondary N) is 1. The Morgan fingerprint density at radius 3 is 2.35 bits per heavy atom. The van der Waals surface area contributed by atoms with Crippen molar-refractivity contribution in [1.29, 1.82) is 0 Å². The summed E-state index contributed by atoms with van der Waals surface area (Å²) in [6.07, 6.45) is 3.15. The number of amides is 1. The van der Waals surface area contributed by atoms with Crippen molar-refractivity contribution in [3.05, 3.63) is 76.8 Å². The van der Waals surface area contributed by atoms with Crippen LogP contribution in [0.25, 0.3) is 6.08 Å². The van der Waals surface area contributed by atoms with E-state index in [1.54, 1.807) is 30.3 Å². The third-order valence-corrected chi connectivity index (χ3v) is 3.45. The van der Waals surface area contributed by atoms with Crippen LogP contribution in [-0.2, 0) is 16.0 Å². The van der Waals surface area contributed by atoms with Crippen molar-refractivity contribution in [1.82, 2.24) is 5.32 Å². The molecule has 2 N–H and O–H groups in total. The average molecular weight is 330 g/mol. The van der Waals surface area contributed by atoms with E-state index < -0.39 is 17.9 Å². The maximum Gasteiger partial charge on any atom is 0.326 e. The van der Waals surface area contributed by atoms with Crippen LogP contribution in [-0.4, -0.2) is 23.0 Å². The van der Waals surface area contributed by atoms with Crippen LogP contribution in [0.15, 0.2) is 60.7 Å². The highest BCUT2D eigenvalue weighted by atomic mass is 35.5. The predicted octanol–water partition coefficient (Wildman–Crippen LogP) is 3.17. The van der Waals surface area contributed by atoms with E-state index in [1.165, 1.54) is 6.08 Å². The van der Waals surface area contributed by atoms with Gasteiger partial charge in [-0.1, -0.05) is 54.1 Å². The van der Waals surface area contributed by atoms with Crippen LogP contribution in [0.2, 0.25) is 5.02 Å². The first kappa shape index (κ1) is 16.8. The second-order valence-corrected chi connectivity index (χ2v) is 5.41. The van der Waals surface area contributed by atoms with E-state index in [0.29, 0.717) is 5.02 Å². The minimum atomic E-state index is -1.07. The molecule has 4 nitrogen and oxygen atoms in total. The van der Waals surface area contributed by atoms with Crippen molar-refractivity contribution >= 4 is 29.6 Å². The first-order valence-electron chi connectivity index (χ1n) is 7.05. The third-order valence-electron chi connectivity index (χ3n) is 3.19. The van der Waals surface area contributed by atoms with Gasteiger partial charge in [-0.2, -0.15) is 0 Å². The highest BCUT2D eigenvalue weighted by molar-refractivity contribution is 6.30. The van der Waals surface area contributed by atoms with Crippen molar-refractivity contribution in [2.24, 2.45) is 0 Å². The minimum absolute atomic E-state index is 0.233. The van der Waals surface area contributed by atoms with Crippen molar-refractivity contribution in [3.63, 3.8) is 0 Å². The van der Waals surface area contributed by atoms with E-state index in [4.69, 9.17) is 11.6 Å². The number of halogens is 1. The molecule has 0 radical (unpaired) electrons. The number of benzene rings is 2. The lowest BCUT2D eigenvalue weighted by Crippen LogP contribution is -2.41. The van der Waals surface area contributed by atoms with Gasteiger partial charge in [0.15, 0.2) is 0 Å². The largest absolute Gasteiger partial charge is 0.480 e. The molecule has 0 spiro atoms. The number of hydrogen-bond donors (Lipinski definition) is 2. The molecule has 0 saturated heterocycles. The lowest BCUT2D eigenvalue weighted by molar-refractivity contribution is -0.141. The van der Waals surface area contributed by atoms with Crippen LogP contribution >= 0.6 is 11.6 Å². The van der Waals surface area contributed by atoms with E-state index >= 15 is 0 Å². The first-order valence-corrected chi connectivity index (χ1v) is 7.43. The van der Waals surface area contributed by atoms with E-state index in [0.717, 1.165) is 11.1 Å². The van der Waals surface area contributed by atoms with Gasteiger partial charge in [0.05, 0.1) is 0 Å². The molecular formula is C18H16ClNO3. The van der Waals surface area contributed by atoms with Gasteiger partial charge in [0.25, 0.3) is 0 Å². The van der Waals surface area contributed by atoms with Crippen molar-refractivity contribution in [2.75, 3.05) is 0 Å². The Kier molecular flexibility index (Phi) is 5.94. The van der Waals surface area contributed by atoms with Crippen molar-refractivity contribution < 1.29 is 14.7 Å². The molecule has 2 rings (SSSR count). The number of carbonyl (C=O) groups excluding carboxylic acids is 1. The van der Waals surface area contributed by atoms with Gasteiger partial charge in [0.1, 0.15) is 6.04 Å². The molecule has 0 fully saturated rings. The van der Waals surface area contributed by atoms with Gasteiger partial charge >= 0.3 is 5.97 Å². The monoisotopic (exact) mass is 329 g/mol. The van der Waals surface area contributed by atoms with Gasteiger partial charge in [-0.25, -0.2) is 4.79 Å². The summed E-state index contributed by atoms with van der Waals surface area (Å²) >= 11 is 5.79. The maximum absolute atomic E-state index is 11.9. The zero-order valence-corrected chi connectivity index (χ0v) is 13.0. The topological polar surface area (TPSA) is 66.4 Å². The zero-order chi connectivity index (χ0) is 16.7. The fourth-order valence-corrected chi connectivity index (χ4v) is 2.14. The van der Waals surface area contributed by atoms with Crippen molar-refractivity contribution in [3.8, 4) is 0 Å². The number of hydrogen-bond acceptors (Lipinski definition) is 2. The van der Waals surface area contributed by atoms with Crippen molar-refractivity contribution in [2.45, 2.75) is 12.5 Å². The molecule has 0 aliphatic rings. The number of carboxylic acids is 1. The number of rotatable bonds is 6. The summed E-state index contributed by atoms with van der Waals surface area (Å²) in [4.78, 5) is 23.2. The second-order valence-electron chi connectivity index (χ2n) is 4.97. The maximum atomic E-state index is 11.9. The normalized spacial score (nSPS) is 12.0. The van der Waals surface area contributed by atoms with Gasteiger partial charge < -0.3 is 10.4 Å². The Bertz CT molecular complexity index is 696. The molecule has 0 saturated carbocycles. The molecule has 1 amide bonds. The lowest BCUT2D eigenvalue weighted by atomic mass is 10.1. The van der Waals surface area contributed by atoms with Gasteiger partial charge in [-0.05, 0) is 29.3 Å². The molecule has 0 unspecified atom stereocenters. The summed E-state index contributed by atoms with van der Waals surface area (Å²) in [5.74, 6) is -1.52. The molecule has 0 aliphatic carbocycles. The standard InChI is InChI=1S/C18H16ClNO3/c19-15-9-6-13(7-10-15)8-11-17(21)20-16(18(22)23)12-14-4-2-1-3-5-14/h1-11,16H,12H2,(H,20,21)(H,22,23)/b11-8+/t16-/m0/s1. The van der Waals surface area contributed by atoms with Crippen LogP contribution < -0.4 is 5.32 Å². The van der Waals surface area contributed by atoms with E-state index in [-0.39, 0.29) is 6.42 Å². The van der Waals surface area contributed by atoms with E-state index in [2.05, 4.69) is 5.32 Å². The molecular weight excluding hydrogens is 314 g/mol. The Labute approximate surface area is 139 Å².